The fraction of sp³-hybridized carbons (Fsp3) is 0.462. The Kier molecular flexibility index (Phi) is 3.39. The first-order valence-electron chi connectivity index (χ1n) is 5.75. The zero-order valence-corrected chi connectivity index (χ0v) is 11.4. The minimum absolute atomic E-state index is 0.0354. The van der Waals surface area contributed by atoms with Crippen LogP contribution >= 0.6 is 11.6 Å². The van der Waals surface area contributed by atoms with E-state index in [0.717, 1.165) is 11.3 Å². The molecule has 1 unspecified atom stereocenters. The molecule has 1 aromatic heterocycles. The summed E-state index contributed by atoms with van der Waals surface area (Å²) in [6.45, 7) is 5.76. The van der Waals surface area contributed by atoms with Gasteiger partial charge >= 0.3 is 5.97 Å². The first kappa shape index (κ1) is 13.0. The van der Waals surface area contributed by atoms with Gasteiger partial charge in [-0.3, -0.25) is 4.79 Å². The summed E-state index contributed by atoms with van der Waals surface area (Å²) >= 11 is 5.96. The second-order valence-corrected chi connectivity index (χ2v) is 5.64. The van der Waals surface area contributed by atoms with Gasteiger partial charge in [-0.2, -0.15) is 0 Å². The number of fused-ring (bicyclic) bond motifs is 1. The number of ether oxygens (including phenoxy) is 1. The Morgan fingerprint density at radius 1 is 1.44 bits per heavy atom. The predicted molar refractivity (Wildman–Crippen MR) is 69.2 cm³/mol. The third-order valence-electron chi connectivity index (χ3n) is 2.72. The second kappa shape index (κ2) is 4.69. The second-order valence-electron chi connectivity index (χ2n) is 5.28. The average molecular weight is 267 g/mol. The average Bonchev–Trinajstić information content (AvgIpc) is 2.69. The minimum Gasteiger partial charge on any atom is -0.464 e. The smallest absolute Gasteiger partial charge is 0.311 e. The van der Waals surface area contributed by atoms with E-state index in [-0.39, 0.29) is 18.5 Å². The van der Waals surface area contributed by atoms with Crippen LogP contribution in [-0.4, -0.2) is 22.5 Å². The highest BCUT2D eigenvalue weighted by atomic mass is 35.5. The van der Waals surface area contributed by atoms with Crippen LogP contribution in [0.3, 0.4) is 0 Å². The lowest BCUT2D eigenvalue weighted by atomic mass is 9.97. The van der Waals surface area contributed by atoms with Crippen molar-refractivity contribution < 1.29 is 9.53 Å². The number of aromatic nitrogens is 2. The highest BCUT2D eigenvalue weighted by Crippen LogP contribution is 2.32. The molecule has 0 aromatic carbocycles. The Labute approximate surface area is 111 Å². The van der Waals surface area contributed by atoms with Crippen molar-refractivity contribution in [2.45, 2.75) is 26.7 Å². The molecule has 18 heavy (non-hydrogen) atoms. The van der Waals surface area contributed by atoms with Gasteiger partial charge in [-0.05, 0) is 20.8 Å². The lowest BCUT2D eigenvalue weighted by Gasteiger charge is -2.18. The third-order valence-corrected chi connectivity index (χ3v) is 3.02. The van der Waals surface area contributed by atoms with Crippen LogP contribution in [-0.2, 0) is 9.53 Å². The molecule has 1 aromatic rings. The molecule has 4 nitrogen and oxygen atoms in total. The number of carbonyl (C=O) groups is 1. The first-order valence-corrected chi connectivity index (χ1v) is 6.13. The number of carbonyl (C=O) groups excluding carboxylic acids is 1. The van der Waals surface area contributed by atoms with Crippen LogP contribution in [0.15, 0.2) is 12.4 Å². The van der Waals surface area contributed by atoms with E-state index in [1.165, 1.54) is 6.33 Å². The molecule has 0 N–H and O–H groups in total. The van der Waals surface area contributed by atoms with Crippen molar-refractivity contribution in [3.8, 4) is 0 Å². The van der Waals surface area contributed by atoms with Gasteiger partial charge in [-0.1, -0.05) is 23.8 Å². The van der Waals surface area contributed by atoms with Crippen LogP contribution in [0, 0.1) is 5.41 Å². The number of hydrogen-bond acceptors (Lipinski definition) is 4. The van der Waals surface area contributed by atoms with Crippen molar-refractivity contribution in [2.24, 2.45) is 5.41 Å². The summed E-state index contributed by atoms with van der Waals surface area (Å²) in [5.74, 6) is -0.253. The van der Waals surface area contributed by atoms with Crippen LogP contribution in [0.1, 0.15) is 37.9 Å². The largest absolute Gasteiger partial charge is 0.464 e. The van der Waals surface area contributed by atoms with Crippen LogP contribution in [0.25, 0.3) is 6.08 Å². The summed E-state index contributed by atoms with van der Waals surface area (Å²) in [7, 11) is 0. The first-order chi connectivity index (χ1) is 8.39. The van der Waals surface area contributed by atoms with Crippen molar-refractivity contribution in [3.63, 3.8) is 0 Å². The molecule has 96 valence electrons. The van der Waals surface area contributed by atoms with Crippen LogP contribution in [0.2, 0.25) is 5.15 Å². The van der Waals surface area contributed by atoms with Crippen LogP contribution in [0.5, 0.6) is 0 Å². The van der Waals surface area contributed by atoms with E-state index in [1.54, 1.807) is 0 Å². The number of hydrogen-bond donors (Lipinski definition) is 0. The number of esters is 1. The SMILES string of the molecule is CC(C)(C)C(=O)OCC1C=Cc2c(Cl)ncnc21. The highest BCUT2D eigenvalue weighted by molar-refractivity contribution is 6.31. The molecule has 0 radical (unpaired) electrons. The summed E-state index contributed by atoms with van der Waals surface area (Å²) in [4.78, 5) is 19.8. The van der Waals surface area contributed by atoms with Gasteiger partial charge in [0, 0.05) is 5.56 Å². The zero-order valence-electron chi connectivity index (χ0n) is 10.6. The lowest BCUT2D eigenvalue weighted by Crippen LogP contribution is -2.24. The van der Waals surface area contributed by atoms with Gasteiger partial charge in [0.05, 0.1) is 17.0 Å². The Hall–Kier alpha value is -1.42. The molecular weight excluding hydrogens is 252 g/mol. The van der Waals surface area contributed by atoms with Crippen molar-refractivity contribution in [2.75, 3.05) is 6.61 Å². The summed E-state index contributed by atoms with van der Waals surface area (Å²) in [6.07, 6.45) is 5.22. The topological polar surface area (TPSA) is 52.1 Å². The summed E-state index contributed by atoms with van der Waals surface area (Å²) < 4.78 is 5.29. The maximum Gasteiger partial charge on any atom is 0.311 e. The molecule has 0 amide bonds. The van der Waals surface area contributed by atoms with E-state index in [1.807, 2.05) is 32.9 Å². The normalized spacial score (nSPS) is 17.7. The molecule has 0 fully saturated rings. The Bertz CT molecular complexity index is 506. The summed E-state index contributed by atoms with van der Waals surface area (Å²) in [5.41, 5.74) is 1.14. The maximum atomic E-state index is 11.7. The molecule has 0 aliphatic heterocycles. The quantitative estimate of drug-likeness (QED) is 0.610. The monoisotopic (exact) mass is 266 g/mol. The van der Waals surface area contributed by atoms with E-state index >= 15 is 0 Å². The molecule has 0 saturated heterocycles. The van der Waals surface area contributed by atoms with Gasteiger partial charge in [-0.15, -0.1) is 0 Å². The van der Waals surface area contributed by atoms with Gasteiger partial charge in [0.15, 0.2) is 0 Å². The van der Waals surface area contributed by atoms with E-state index in [9.17, 15) is 4.79 Å². The van der Waals surface area contributed by atoms with Crippen molar-refractivity contribution in [1.82, 2.24) is 9.97 Å². The molecule has 1 aliphatic carbocycles. The molecule has 0 bridgehead atoms. The number of halogens is 1. The summed E-state index contributed by atoms with van der Waals surface area (Å²) in [6, 6.07) is 0. The van der Waals surface area contributed by atoms with E-state index in [4.69, 9.17) is 16.3 Å². The minimum atomic E-state index is -0.492. The van der Waals surface area contributed by atoms with Crippen molar-refractivity contribution >= 4 is 23.6 Å². The van der Waals surface area contributed by atoms with Crippen LogP contribution in [0.4, 0.5) is 0 Å². The molecule has 1 heterocycles. The predicted octanol–water partition coefficient (Wildman–Crippen LogP) is 2.83. The molecule has 2 rings (SSSR count). The highest BCUT2D eigenvalue weighted by Gasteiger charge is 2.27. The van der Waals surface area contributed by atoms with Crippen LogP contribution < -0.4 is 0 Å². The van der Waals surface area contributed by atoms with E-state index < -0.39 is 5.41 Å². The van der Waals surface area contributed by atoms with E-state index in [2.05, 4.69) is 9.97 Å². The Morgan fingerprint density at radius 2 is 2.17 bits per heavy atom. The molecule has 0 spiro atoms. The Balaban J connectivity index is 2.06. The molecule has 1 aliphatic rings. The fourth-order valence-electron chi connectivity index (χ4n) is 1.66. The van der Waals surface area contributed by atoms with Gasteiger partial charge in [0.2, 0.25) is 0 Å². The van der Waals surface area contributed by atoms with Gasteiger partial charge in [0.25, 0.3) is 0 Å². The van der Waals surface area contributed by atoms with Gasteiger partial charge in [0.1, 0.15) is 18.1 Å². The van der Waals surface area contributed by atoms with E-state index in [0.29, 0.717) is 5.15 Å². The zero-order chi connectivity index (χ0) is 13.3. The maximum absolute atomic E-state index is 11.7. The molecule has 0 saturated carbocycles. The standard InChI is InChI=1S/C13H15ClN2O2/c1-13(2,3)12(17)18-6-8-4-5-9-10(8)15-7-16-11(9)14/h4-5,7-8H,6H2,1-3H3. The number of nitrogens with zero attached hydrogens (tertiary/aromatic N) is 2. The molecule has 1 atom stereocenters. The van der Waals surface area contributed by atoms with Crippen molar-refractivity contribution in [3.05, 3.63) is 28.8 Å². The van der Waals surface area contributed by atoms with Gasteiger partial charge in [-0.25, -0.2) is 9.97 Å². The Morgan fingerprint density at radius 3 is 2.83 bits per heavy atom. The molecule has 5 heteroatoms. The summed E-state index contributed by atoms with van der Waals surface area (Å²) in [5, 5.41) is 0.431. The molecular formula is C13H15ClN2O2. The number of rotatable bonds is 2. The van der Waals surface area contributed by atoms with Crippen molar-refractivity contribution in [1.29, 1.82) is 0 Å². The lowest BCUT2D eigenvalue weighted by molar-refractivity contribution is -0.153. The van der Waals surface area contributed by atoms with Gasteiger partial charge < -0.3 is 4.74 Å². The third kappa shape index (κ3) is 2.53. The fourth-order valence-corrected chi connectivity index (χ4v) is 1.86.